The molecule has 0 aliphatic carbocycles. The van der Waals surface area contributed by atoms with Gasteiger partial charge in [-0.2, -0.15) is 21.0 Å². The van der Waals surface area contributed by atoms with Crippen LogP contribution < -0.4 is 9.80 Å². The molecule has 128 valence electrons. The molecule has 0 aliphatic heterocycles. The molecule has 0 unspecified atom stereocenters. The minimum atomic E-state index is -0.0333. The van der Waals surface area contributed by atoms with Crippen LogP contribution in [0.25, 0.3) is 0 Å². The van der Waals surface area contributed by atoms with Crippen LogP contribution in [0.5, 0.6) is 0 Å². The van der Waals surface area contributed by atoms with Gasteiger partial charge in [-0.15, -0.1) is 0 Å². The van der Waals surface area contributed by atoms with Crippen molar-refractivity contribution in [3.8, 4) is 24.3 Å². The number of nitriles is 4. The first-order chi connectivity index (χ1) is 12.4. The Morgan fingerprint density at radius 2 is 0.846 bits per heavy atom. The molecule has 6 heteroatoms. The van der Waals surface area contributed by atoms with Gasteiger partial charge in [0, 0.05) is 39.6 Å². The van der Waals surface area contributed by atoms with E-state index >= 15 is 0 Å². The van der Waals surface area contributed by atoms with E-state index in [4.69, 9.17) is 21.0 Å². The molecule has 0 bridgehead atoms. The monoisotopic (exact) mass is 342 g/mol. The third kappa shape index (κ3) is 4.75. The molecule has 0 aromatic heterocycles. The van der Waals surface area contributed by atoms with E-state index in [1.54, 1.807) is 24.3 Å². The van der Waals surface area contributed by atoms with E-state index in [2.05, 4.69) is 34.1 Å². The summed E-state index contributed by atoms with van der Waals surface area (Å²) in [5, 5.41) is 34.7. The Hall–Kier alpha value is -4.00. The predicted molar refractivity (Wildman–Crippen MR) is 100 cm³/mol. The molecule has 0 N–H and O–H groups in total. The SMILES string of the molecule is CN(C)c1ccc(N(C)C)cc1.N#Cc1ccc(C#N)c(C#N)c1C#N. The van der Waals surface area contributed by atoms with Gasteiger partial charge in [0.25, 0.3) is 0 Å². The van der Waals surface area contributed by atoms with Gasteiger partial charge in [0.05, 0.1) is 22.3 Å². The number of benzene rings is 2. The van der Waals surface area contributed by atoms with Crippen molar-refractivity contribution in [2.75, 3.05) is 38.0 Å². The highest BCUT2D eigenvalue weighted by Crippen LogP contribution is 2.17. The van der Waals surface area contributed by atoms with Crippen molar-refractivity contribution in [1.29, 1.82) is 21.0 Å². The zero-order valence-electron chi connectivity index (χ0n) is 15.1. The highest BCUT2D eigenvalue weighted by molar-refractivity contribution is 5.61. The van der Waals surface area contributed by atoms with E-state index in [1.807, 2.05) is 28.2 Å². The van der Waals surface area contributed by atoms with Crippen molar-refractivity contribution in [2.45, 2.75) is 0 Å². The molecule has 0 saturated heterocycles. The van der Waals surface area contributed by atoms with Gasteiger partial charge in [-0.25, -0.2) is 0 Å². The normalized spacial score (nSPS) is 8.62. The Kier molecular flexibility index (Phi) is 7.20. The zero-order chi connectivity index (χ0) is 19.7. The second-order valence-electron chi connectivity index (χ2n) is 5.66. The summed E-state index contributed by atoms with van der Waals surface area (Å²) < 4.78 is 0. The number of anilines is 2. The van der Waals surface area contributed by atoms with Crippen molar-refractivity contribution in [1.82, 2.24) is 0 Å². The Morgan fingerprint density at radius 3 is 1.04 bits per heavy atom. The van der Waals surface area contributed by atoms with E-state index in [0.717, 1.165) is 0 Å². The summed E-state index contributed by atoms with van der Waals surface area (Å²) in [5.41, 5.74) is 2.63. The van der Waals surface area contributed by atoms with Gasteiger partial charge in [0.1, 0.15) is 24.3 Å². The molecule has 0 aliphatic rings. The standard InChI is InChI=1S/C10H2N4.C10H16N2/c11-3-7-1-2-8(4-12)10(6-14)9(7)5-13;1-11(2)9-5-7-10(8-6-9)12(3)4/h1-2H;5-8H,1-4H3. The lowest BCUT2D eigenvalue weighted by Crippen LogP contribution is -2.10. The summed E-state index contributed by atoms with van der Waals surface area (Å²) in [6.45, 7) is 0. The second-order valence-corrected chi connectivity index (χ2v) is 5.66. The molecular weight excluding hydrogens is 324 g/mol. The van der Waals surface area contributed by atoms with Gasteiger partial charge in [0.15, 0.2) is 0 Å². The van der Waals surface area contributed by atoms with Crippen LogP contribution in [0.2, 0.25) is 0 Å². The van der Waals surface area contributed by atoms with Crippen molar-refractivity contribution in [3.63, 3.8) is 0 Å². The van der Waals surface area contributed by atoms with Crippen LogP contribution in [-0.4, -0.2) is 28.2 Å². The van der Waals surface area contributed by atoms with Crippen LogP contribution >= 0.6 is 0 Å². The summed E-state index contributed by atoms with van der Waals surface area (Å²) in [4.78, 5) is 4.19. The zero-order valence-corrected chi connectivity index (χ0v) is 15.1. The first-order valence-corrected chi connectivity index (χ1v) is 7.61. The first-order valence-electron chi connectivity index (χ1n) is 7.61. The van der Waals surface area contributed by atoms with Crippen LogP contribution in [-0.2, 0) is 0 Å². The third-order valence-electron chi connectivity index (χ3n) is 3.55. The molecule has 0 radical (unpaired) electrons. The lowest BCUT2D eigenvalue weighted by Gasteiger charge is -2.16. The number of nitrogens with zero attached hydrogens (tertiary/aromatic N) is 6. The Balaban J connectivity index is 0.000000263. The average Bonchev–Trinajstić information content (AvgIpc) is 2.66. The smallest absolute Gasteiger partial charge is 0.102 e. The van der Waals surface area contributed by atoms with E-state index in [-0.39, 0.29) is 22.3 Å². The number of hydrogen-bond donors (Lipinski definition) is 0. The molecule has 0 saturated carbocycles. The minimum absolute atomic E-state index is 0.0333. The maximum Gasteiger partial charge on any atom is 0.102 e. The third-order valence-corrected chi connectivity index (χ3v) is 3.55. The Morgan fingerprint density at radius 1 is 0.538 bits per heavy atom. The highest BCUT2D eigenvalue weighted by atomic mass is 15.1. The van der Waals surface area contributed by atoms with Crippen molar-refractivity contribution in [3.05, 3.63) is 58.7 Å². The quantitative estimate of drug-likeness (QED) is 0.831. The van der Waals surface area contributed by atoms with Gasteiger partial charge in [0.2, 0.25) is 0 Å². The minimum Gasteiger partial charge on any atom is -0.378 e. The molecule has 0 atom stereocenters. The Bertz CT molecular complexity index is 851. The molecule has 26 heavy (non-hydrogen) atoms. The summed E-state index contributed by atoms with van der Waals surface area (Å²) in [6.07, 6.45) is 0. The summed E-state index contributed by atoms with van der Waals surface area (Å²) in [6, 6.07) is 18.3. The van der Waals surface area contributed by atoms with Crippen molar-refractivity contribution < 1.29 is 0 Å². The van der Waals surface area contributed by atoms with Gasteiger partial charge in [-0.3, -0.25) is 0 Å². The van der Waals surface area contributed by atoms with Crippen LogP contribution in [0.1, 0.15) is 22.3 Å². The second kappa shape index (κ2) is 9.33. The van der Waals surface area contributed by atoms with Crippen LogP contribution in [0.4, 0.5) is 11.4 Å². The van der Waals surface area contributed by atoms with Gasteiger partial charge >= 0.3 is 0 Å². The fraction of sp³-hybridized carbons (Fsp3) is 0.200. The van der Waals surface area contributed by atoms with Crippen LogP contribution in [0.3, 0.4) is 0 Å². The van der Waals surface area contributed by atoms with Crippen LogP contribution in [0.15, 0.2) is 36.4 Å². The molecule has 0 heterocycles. The fourth-order valence-electron chi connectivity index (χ4n) is 2.07. The van der Waals surface area contributed by atoms with Crippen LogP contribution in [0, 0.1) is 45.3 Å². The van der Waals surface area contributed by atoms with Crippen molar-refractivity contribution in [2.24, 2.45) is 0 Å². The lowest BCUT2D eigenvalue weighted by molar-refractivity contribution is 1.11. The summed E-state index contributed by atoms with van der Waals surface area (Å²) in [5.74, 6) is 0. The van der Waals surface area contributed by atoms with E-state index < -0.39 is 0 Å². The number of hydrogen-bond acceptors (Lipinski definition) is 6. The molecule has 2 aromatic carbocycles. The van der Waals surface area contributed by atoms with Gasteiger partial charge < -0.3 is 9.80 Å². The Labute approximate surface area is 154 Å². The fourth-order valence-corrected chi connectivity index (χ4v) is 2.07. The van der Waals surface area contributed by atoms with E-state index in [1.165, 1.54) is 23.5 Å². The molecule has 2 aromatic rings. The first kappa shape index (κ1) is 20.0. The molecule has 2 rings (SSSR count). The van der Waals surface area contributed by atoms with E-state index in [9.17, 15) is 0 Å². The molecule has 6 nitrogen and oxygen atoms in total. The highest BCUT2D eigenvalue weighted by Gasteiger charge is 2.12. The largest absolute Gasteiger partial charge is 0.378 e. The number of rotatable bonds is 2. The molecular formula is C20H18N6. The maximum atomic E-state index is 8.72. The van der Waals surface area contributed by atoms with Gasteiger partial charge in [-0.05, 0) is 36.4 Å². The lowest BCUT2D eigenvalue weighted by atomic mass is 9.99. The predicted octanol–water partition coefficient (Wildman–Crippen LogP) is 2.99. The average molecular weight is 342 g/mol. The van der Waals surface area contributed by atoms with Gasteiger partial charge in [-0.1, -0.05) is 0 Å². The topological polar surface area (TPSA) is 102 Å². The molecule has 0 amide bonds. The summed E-state index contributed by atoms with van der Waals surface area (Å²) in [7, 11) is 8.19. The van der Waals surface area contributed by atoms with E-state index in [0.29, 0.717) is 0 Å². The molecule has 0 spiro atoms. The summed E-state index contributed by atoms with van der Waals surface area (Å²) >= 11 is 0. The van der Waals surface area contributed by atoms with Crippen molar-refractivity contribution >= 4 is 11.4 Å². The molecule has 0 fully saturated rings. The maximum absolute atomic E-state index is 8.72.